The molecule has 1 aliphatic heterocycles. The number of hydrogen-bond acceptors (Lipinski definition) is 3. The number of halogens is 1. The highest BCUT2D eigenvalue weighted by Crippen LogP contribution is 2.21. The lowest BCUT2D eigenvalue weighted by atomic mass is 10.3. The summed E-state index contributed by atoms with van der Waals surface area (Å²) in [6, 6.07) is 0. The molecule has 0 unspecified atom stereocenters. The van der Waals surface area contributed by atoms with Gasteiger partial charge in [0.25, 0.3) is 0 Å². The third-order valence-corrected chi connectivity index (χ3v) is 3.36. The van der Waals surface area contributed by atoms with E-state index in [4.69, 9.17) is 9.47 Å². The fourth-order valence-electron chi connectivity index (χ4n) is 1.34. The van der Waals surface area contributed by atoms with E-state index in [1.54, 1.807) is 0 Å². The first-order chi connectivity index (χ1) is 6.68. The summed E-state index contributed by atoms with van der Waals surface area (Å²) >= 11 is 3.50. The number of aryl methyl sites for hydroxylation is 2. The lowest BCUT2D eigenvalue weighted by Gasteiger charge is -2.25. The van der Waals surface area contributed by atoms with Crippen LogP contribution in [0.5, 0.6) is 0 Å². The molecule has 14 heavy (non-hydrogen) atoms. The molecule has 2 heterocycles. The first-order valence-electron chi connectivity index (χ1n) is 4.56. The van der Waals surface area contributed by atoms with Crippen molar-refractivity contribution in [1.29, 1.82) is 0 Å². The van der Waals surface area contributed by atoms with Crippen molar-refractivity contribution >= 4 is 15.9 Å². The summed E-state index contributed by atoms with van der Waals surface area (Å²) in [5.74, 6) is 0. The van der Waals surface area contributed by atoms with Crippen LogP contribution in [-0.4, -0.2) is 29.1 Å². The summed E-state index contributed by atoms with van der Waals surface area (Å²) in [5.41, 5.74) is 2.07. The number of nitrogens with zero attached hydrogens (tertiary/aromatic N) is 2. The summed E-state index contributed by atoms with van der Waals surface area (Å²) in [6.07, 6.45) is 0.261. The zero-order chi connectivity index (χ0) is 10.1. The molecule has 4 nitrogen and oxygen atoms in total. The van der Waals surface area contributed by atoms with Crippen molar-refractivity contribution < 1.29 is 9.47 Å². The van der Waals surface area contributed by atoms with E-state index in [1.165, 1.54) is 0 Å². The molecule has 1 aromatic heterocycles. The molecule has 0 amide bonds. The van der Waals surface area contributed by atoms with Crippen LogP contribution in [0.2, 0.25) is 0 Å². The van der Waals surface area contributed by atoms with E-state index in [1.807, 2.05) is 18.7 Å². The second-order valence-electron chi connectivity index (χ2n) is 3.44. The van der Waals surface area contributed by atoms with Crippen LogP contribution in [0.15, 0.2) is 4.47 Å². The molecule has 0 aliphatic carbocycles. The molecular formula is C9H13BrN2O2. The van der Waals surface area contributed by atoms with Crippen molar-refractivity contribution in [2.24, 2.45) is 7.05 Å². The van der Waals surface area contributed by atoms with E-state index < -0.39 is 0 Å². The van der Waals surface area contributed by atoms with Gasteiger partial charge in [-0.2, -0.15) is 5.10 Å². The van der Waals surface area contributed by atoms with Gasteiger partial charge in [-0.1, -0.05) is 0 Å². The maximum absolute atomic E-state index is 5.62. The van der Waals surface area contributed by atoms with Crippen molar-refractivity contribution in [3.63, 3.8) is 0 Å². The molecule has 2 rings (SSSR count). The van der Waals surface area contributed by atoms with Crippen molar-refractivity contribution in [2.45, 2.75) is 19.6 Å². The van der Waals surface area contributed by atoms with Gasteiger partial charge in [-0.05, 0) is 22.9 Å². The smallest absolute Gasteiger partial charge is 0.105 e. The van der Waals surface area contributed by atoms with E-state index in [2.05, 4.69) is 21.0 Å². The highest BCUT2D eigenvalue weighted by atomic mass is 79.9. The number of ether oxygens (including phenoxy) is 2. The molecule has 0 bridgehead atoms. The topological polar surface area (TPSA) is 36.3 Å². The molecule has 0 N–H and O–H groups in total. The van der Waals surface area contributed by atoms with Crippen LogP contribution >= 0.6 is 15.9 Å². The van der Waals surface area contributed by atoms with Gasteiger partial charge in [0.05, 0.1) is 35.7 Å². The minimum atomic E-state index is 0.261. The predicted molar refractivity (Wildman–Crippen MR) is 55.0 cm³/mol. The van der Waals surface area contributed by atoms with E-state index in [-0.39, 0.29) is 6.10 Å². The molecule has 5 heteroatoms. The van der Waals surface area contributed by atoms with Gasteiger partial charge >= 0.3 is 0 Å². The molecule has 1 saturated heterocycles. The Kier molecular flexibility index (Phi) is 2.90. The SMILES string of the molecule is Cc1nn(C)c(COC2COC2)c1Br. The van der Waals surface area contributed by atoms with Gasteiger partial charge in [-0.3, -0.25) is 4.68 Å². The Balaban J connectivity index is 2.00. The maximum Gasteiger partial charge on any atom is 0.105 e. The Bertz CT molecular complexity index is 334. The Morgan fingerprint density at radius 2 is 2.36 bits per heavy atom. The molecule has 1 fully saturated rings. The molecule has 0 aromatic carbocycles. The number of rotatable bonds is 3. The molecule has 1 aromatic rings. The van der Waals surface area contributed by atoms with Crippen molar-refractivity contribution in [2.75, 3.05) is 13.2 Å². The molecule has 78 valence electrons. The minimum Gasteiger partial charge on any atom is -0.376 e. The van der Waals surface area contributed by atoms with Gasteiger partial charge in [0.1, 0.15) is 6.10 Å². The molecule has 0 atom stereocenters. The Hall–Kier alpha value is -0.390. The van der Waals surface area contributed by atoms with Crippen LogP contribution in [0.3, 0.4) is 0 Å². The normalized spacial score (nSPS) is 17.1. The van der Waals surface area contributed by atoms with Gasteiger partial charge in [-0.15, -0.1) is 0 Å². The van der Waals surface area contributed by atoms with Gasteiger partial charge in [0.15, 0.2) is 0 Å². The zero-order valence-electron chi connectivity index (χ0n) is 8.29. The lowest BCUT2D eigenvalue weighted by Crippen LogP contribution is -2.36. The standard InChI is InChI=1S/C9H13BrN2O2/c1-6-9(10)8(12(2)11-6)5-14-7-3-13-4-7/h7H,3-5H2,1-2H3. The van der Waals surface area contributed by atoms with Gasteiger partial charge < -0.3 is 9.47 Å². The molecule has 0 spiro atoms. The average molecular weight is 261 g/mol. The highest BCUT2D eigenvalue weighted by molar-refractivity contribution is 9.10. The fraction of sp³-hybridized carbons (Fsp3) is 0.667. The van der Waals surface area contributed by atoms with Gasteiger partial charge in [0, 0.05) is 7.05 Å². The Morgan fingerprint density at radius 3 is 2.79 bits per heavy atom. The largest absolute Gasteiger partial charge is 0.376 e. The fourth-order valence-corrected chi connectivity index (χ4v) is 1.79. The number of hydrogen-bond donors (Lipinski definition) is 0. The van der Waals surface area contributed by atoms with E-state index in [0.717, 1.165) is 15.9 Å². The molecule has 0 saturated carbocycles. The first kappa shape index (κ1) is 10.1. The second kappa shape index (κ2) is 4.00. The Morgan fingerprint density at radius 1 is 1.64 bits per heavy atom. The van der Waals surface area contributed by atoms with Crippen molar-refractivity contribution in [1.82, 2.24) is 9.78 Å². The third kappa shape index (κ3) is 1.85. The van der Waals surface area contributed by atoms with Crippen molar-refractivity contribution in [3.05, 3.63) is 15.9 Å². The van der Waals surface area contributed by atoms with Crippen LogP contribution in [-0.2, 0) is 23.1 Å². The lowest BCUT2D eigenvalue weighted by molar-refractivity contribution is -0.136. The van der Waals surface area contributed by atoms with Gasteiger partial charge in [0.2, 0.25) is 0 Å². The van der Waals surface area contributed by atoms with Crippen LogP contribution in [0.4, 0.5) is 0 Å². The molecule has 0 radical (unpaired) electrons. The number of aromatic nitrogens is 2. The third-order valence-electron chi connectivity index (χ3n) is 2.32. The molecule has 1 aliphatic rings. The Labute approximate surface area is 91.3 Å². The monoisotopic (exact) mass is 260 g/mol. The second-order valence-corrected chi connectivity index (χ2v) is 4.23. The van der Waals surface area contributed by atoms with Crippen molar-refractivity contribution in [3.8, 4) is 0 Å². The average Bonchev–Trinajstić information content (AvgIpc) is 2.28. The first-order valence-corrected chi connectivity index (χ1v) is 5.35. The quantitative estimate of drug-likeness (QED) is 0.825. The zero-order valence-corrected chi connectivity index (χ0v) is 9.87. The van der Waals surface area contributed by atoms with Gasteiger partial charge in [-0.25, -0.2) is 0 Å². The van der Waals surface area contributed by atoms with Crippen LogP contribution in [0.25, 0.3) is 0 Å². The summed E-state index contributed by atoms with van der Waals surface area (Å²) < 4.78 is 13.5. The van der Waals surface area contributed by atoms with Crippen LogP contribution in [0, 0.1) is 6.92 Å². The maximum atomic E-state index is 5.62. The molecular weight excluding hydrogens is 248 g/mol. The summed E-state index contributed by atoms with van der Waals surface area (Å²) in [6.45, 7) is 3.99. The predicted octanol–water partition coefficient (Wildman–Crippen LogP) is 1.41. The summed E-state index contributed by atoms with van der Waals surface area (Å²) in [4.78, 5) is 0. The van der Waals surface area contributed by atoms with E-state index >= 15 is 0 Å². The van der Waals surface area contributed by atoms with E-state index in [0.29, 0.717) is 19.8 Å². The van der Waals surface area contributed by atoms with Crippen LogP contribution in [0.1, 0.15) is 11.4 Å². The summed E-state index contributed by atoms with van der Waals surface area (Å²) in [7, 11) is 1.92. The minimum absolute atomic E-state index is 0.261. The highest BCUT2D eigenvalue weighted by Gasteiger charge is 2.20. The van der Waals surface area contributed by atoms with E-state index in [9.17, 15) is 0 Å². The summed E-state index contributed by atoms with van der Waals surface area (Å²) in [5, 5.41) is 4.29. The van der Waals surface area contributed by atoms with Crippen LogP contribution < -0.4 is 0 Å².